The van der Waals surface area contributed by atoms with Crippen LogP contribution < -0.4 is 10.2 Å². The van der Waals surface area contributed by atoms with Gasteiger partial charge in [0.05, 0.1) is 6.04 Å². The number of rotatable bonds is 1. The lowest BCUT2D eigenvalue weighted by Gasteiger charge is -2.32. The Morgan fingerprint density at radius 3 is 3.00 bits per heavy atom. The minimum absolute atomic E-state index is 0.108. The second kappa shape index (κ2) is 4.44. The average Bonchev–Trinajstić information content (AvgIpc) is 2.26. The summed E-state index contributed by atoms with van der Waals surface area (Å²) < 4.78 is 0. The first kappa shape index (κ1) is 11.4. The van der Waals surface area contributed by atoms with Gasteiger partial charge in [-0.1, -0.05) is 17.7 Å². The summed E-state index contributed by atoms with van der Waals surface area (Å²) in [7, 11) is 0. The molecule has 4 heteroatoms. The first-order chi connectivity index (χ1) is 7.59. The molecule has 0 aliphatic carbocycles. The summed E-state index contributed by atoms with van der Waals surface area (Å²) in [6, 6.07) is 5.52. The molecule has 16 heavy (non-hydrogen) atoms. The van der Waals surface area contributed by atoms with E-state index in [1.54, 1.807) is 0 Å². The van der Waals surface area contributed by atoms with Crippen molar-refractivity contribution in [3.63, 3.8) is 0 Å². The molecule has 0 aromatic heterocycles. The predicted octanol–water partition coefficient (Wildman–Crippen LogP) is 1.97. The number of aryl methyl sites for hydroxylation is 1. The first-order valence-electron chi connectivity index (χ1n) is 5.40. The minimum atomic E-state index is -0.118. The fourth-order valence-corrected chi connectivity index (χ4v) is 2.10. The first-order valence-corrected chi connectivity index (χ1v) is 5.78. The van der Waals surface area contributed by atoms with Crippen LogP contribution >= 0.6 is 11.6 Å². The van der Waals surface area contributed by atoms with Crippen LogP contribution in [0.25, 0.3) is 0 Å². The molecule has 0 spiro atoms. The van der Waals surface area contributed by atoms with E-state index in [9.17, 15) is 4.79 Å². The van der Waals surface area contributed by atoms with Gasteiger partial charge in [0.1, 0.15) is 0 Å². The van der Waals surface area contributed by atoms with Gasteiger partial charge >= 0.3 is 0 Å². The molecule has 1 aromatic carbocycles. The van der Waals surface area contributed by atoms with Gasteiger partial charge in [-0.25, -0.2) is 0 Å². The van der Waals surface area contributed by atoms with Gasteiger partial charge in [-0.3, -0.25) is 4.79 Å². The number of nitrogens with zero attached hydrogens (tertiary/aromatic N) is 1. The van der Waals surface area contributed by atoms with Gasteiger partial charge in [-0.05, 0) is 31.5 Å². The molecule has 86 valence electrons. The normalized spacial score (nSPS) is 21.3. The van der Waals surface area contributed by atoms with Crippen molar-refractivity contribution in [2.45, 2.75) is 19.9 Å². The number of carbonyl (C=O) groups is 1. The fraction of sp³-hybridized carbons (Fsp3) is 0.417. The Balaban J connectivity index is 2.35. The van der Waals surface area contributed by atoms with Crippen LogP contribution in [0.1, 0.15) is 12.5 Å². The Morgan fingerprint density at radius 2 is 2.25 bits per heavy atom. The summed E-state index contributed by atoms with van der Waals surface area (Å²) in [5.74, 6) is 0.108. The zero-order valence-electron chi connectivity index (χ0n) is 9.46. The summed E-state index contributed by atoms with van der Waals surface area (Å²) >= 11 is 5.97. The Bertz CT molecular complexity index is 419. The van der Waals surface area contributed by atoms with Crippen molar-refractivity contribution in [1.29, 1.82) is 0 Å². The molecule has 3 nitrogen and oxygen atoms in total. The number of hydrogen-bond donors (Lipinski definition) is 1. The Morgan fingerprint density at radius 1 is 1.50 bits per heavy atom. The van der Waals surface area contributed by atoms with Gasteiger partial charge in [-0.2, -0.15) is 0 Å². The third-order valence-electron chi connectivity index (χ3n) is 2.88. The highest BCUT2D eigenvalue weighted by Crippen LogP contribution is 2.25. The molecule has 1 aliphatic heterocycles. The van der Waals surface area contributed by atoms with Gasteiger partial charge in [-0.15, -0.1) is 0 Å². The number of nitrogens with one attached hydrogen (secondary N) is 1. The molecule has 0 saturated carbocycles. The van der Waals surface area contributed by atoms with E-state index in [0.29, 0.717) is 11.6 Å². The van der Waals surface area contributed by atoms with Crippen molar-refractivity contribution in [1.82, 2.24) is 5.32 Å². The van der Waals surface area contributed by atoms with E-state index < -0.39 is 0 Å². The highest BCUT2D eigenvalue weighted by molar-refractivity contribution is 6.31. The van der Waals surface area contributed by atoms with E-state index in [-0.39, 0.29) is 11.9 Å². The van der Waals surface area contributed by atoms with E-state index in [1.165, 1.54) is 0 Å². The van der Waals surface area contributed by atoms with Gasteiger partial charge < -0.3 is 10.2 Å². The number of benzene rings is 1. The zero-order chi connectivity index (χ0) is 11.7. The Hall–Kier alpha value is -1.06. The van der Waals surface area contributed by atoms with E-state index in [1.807, 2.05) is 36.9 Å². The molecule has 1 saturated heterocycles. The van der Waals surface area contributed by atoms with Crippen LogP contribution in [-0.2, 0) is 4.79 Å². The molecule has 1 N–H and O–H groups in total. The van der Waals surface area contributed by atoms with Crippen LogP contribution in [0.15, 0.2) is 18.2 Å². The van der Waals surface area contributed by atoms with Gasteiger partial charge in [0, 0.05) is 23.8 Å². The molecule has 1 aliphatic rings. The van der Waals surface area contributed by atoms with Crippen molar-refractivity contribution in [2.24, 2.45) is 0 Å². The molecule has 2 rings (SSSR count). The third kappa shape index (κ3) is 2.06. The standard InChI is InChI=1S/C12H15ClN2O/c1-8-3-4-10(13)7-11(8)15-6-5-14-9(2)12(15)16/h3-4,7,9,14H,5-6H2,1-2H3. The lowest BCUT2D eigenvalue weighted by atomic mass is 10.1. The number of anilines is 1. The maximum Gasteiger partial charge on any atom is 0.243 e. The summed E-state index contributed by atoms with van der Waals surface area (Å²) in [6.07, 6.45) is 0. The van der Waals surface area contributed by atoms with Crippen LogP contribution in [0.4, 0.5) is 5.69 Å². The maximum atomic E-state index is 12.0. The molecule has 0 radical (unpaired) electrons. The smallest absolute Gasteiger partial charge is 0.243 e. The maximum absolute atomic E-state index is 12.0. The molecule has 1 aromatic rings. The highest BCUT2D eigenvalue weighted by atomic mass is 35.5. The van der Waals surface area contributed by atoms with Gasteiger partial charge in [0.15, 0.2) is 0 Å². The lowest BCUT2D eigenvalue weighted by molar-refractivity contribution is -0.121. The summed E-state index contributed by atoms with van der Waals surface area (Å²) in [4.78, 5) is 13.8. The molecule has 1 amide bonds. The molecule has 1 heterocycles. The van der Waals surface area contributed by atoms with Crippen molar-refractivity contribution < 1.29 is 4.79 Å². The second-order valence-corrected chi connectivity index (χ2v) is 4.53. The Labute approximate surface area is 100 Å². The largest absolute Gasteiger partial charge is 0.309 e. The number of halogens is 1. The minimum Gasteiger partial charge on any atom is -0.309 e. The van der Waals surface area contributed by atoms with Crippen LogP contribution in [0.2, 0.25) is 5.02 Å². The van der Waals surface area contributed by atoms with Crippen LogP contribution in [0, 0.1) is 6.92 Å². The number of piperazine rings is 1. The number of amides is 1. The van der Waals surface area contributed by atoms with E-state index in [4.69, 9.17) is 11.6 Å². The third-order valence-corrected chi connectivity index (χ3v) is 3.12. The molecule has 0 bridgehead atoms. The summed E-state index contributed by atoms with van der Waals surface area (Å²) in [5.41, 5.74) is 2.00. The lowest BCUT2D eigenvalue weighted by Crippen LogP contribution is -2.54. The van der Waals surface area contributed by atoms with E-state index in [0.717, 1.165) is 17.8 Å². The van der Waals surface area contributed by atoms with Crippen LogP contribution in [0.3, 0.4) is 0 Å². The van der Waals surface area contributed by atoms with Crippen molar-refractivity contribution in [3.05, 3.63) is 28.8 Å². The SMILES string of the molecule is Cc1ccc(Cl)cc1N1CCNC(C)C1=O. The van der Waals surface area contributed by atoms with Crippen molar-refractivity contribution >= 4 is 23.2 Å². The predicted molar refractivity (Wildman–Crippen MR) is 66.0 cm³/mol. The Kier molecular flexibility index (Phi) is 3.17. The van der Waals surface area contributed by atoms with Crippen LogP contribution in [-0.4, -0.2) is 25.0 Å². The van der Waals surface area contributed by atoms with Gasteiger partial charge in [0.25, 0.3) is 0 Å². The second-order valence-electron chi connectivity index (χ2n) is 4.10. The quantitative estimate of drug-likeness (QED) is 0.812. The molecule has 1 unspecified atom stereocenters. The van der Waals surface area contributed by atoms with E-state index >= 15 is 0 Å². The molecular formula is C12H15ClN2O. The summed E-state index contributed by atoms with van der Waals surface area (Å²) in [5, 5.41) is 3.81. The number of carbonyl (C=O) groups excluding carboxylic acids is 1. The van der Waals surface area contributed by atoms with Crippen LogP contribution in [0.5, 0.6) is 0 Å². The molecular weight excluding hydrogens is 224 g/mol. The topological polar surface area (TPSA) is 32.3 Å². The fourth-order valence-electron chi connectivity index (χ4n) is 1.94. The number of hydrogen-bond acceptors (Lipinski definition) is 2. The zero-order valence-corrected chi connectivity index (χ0v) is 10.2. The average molecular weight is 239 g/mol. The van der Waals surface area contributed by atoms with Crippen molar-refractivity contribution in [2.75, 3.05) is 18.0 Å². The molecule has 1 atom stereocenters. The highest BCUT2D eigenvalue weighted by Gasteiger charge is 2.26. The monoisotopic (exact) mass is 238 g/mol. The summed E-state index contributed by atoms with van der Waals surface area (Å²) in [6.45, 7) is 5.39. The molecule has 1 fully saturated rings. The van der Waals surface area contributed by atoms with Gasteiger partial charge in [0.2, 0.25) is 5.91 Å². The van der Waals surface area contributed by atoms with E-state index in [2.05, 4.69) is 5.32 Å². The van der Waals surface area contributed by atoms with Crippen molar-refractivity contribution in [3.8, 4) is 0 Å².